The van der Waals surface area contributed by atoms with E-state index < -0.39 is 0 Å². The molecule has 1 saturated heterocycles. The topological polar surface area (TPSA) is 70.5 Å². The van der Waals surface area contributed by atoms with E-state index in [2.05, 4.69) is 22.4 Å². The second-order valence-electron chi connectivity index (χ2n) is 8.21. The number of hydrogen-bond donors (Lipinski definition) is 1. The first-order valence-electron chi connectivity index (χ1n) is 10.4. The van der Waals surface area contributed by atoms with Crippen molar-refractivity contribution in [3.63, 3.8) is 0 Å². The summed E-state index contributed by atoms with van der Waals surface area (Å²) in [6, 6.07) is 7.63. The first-order valence-corrected chi connectivity index (χ1v) is 10.4. The molecule has 0 aliphatic carbocycles. The minimum absolute atomic E-state index is 0.0316. The summed E-state index contributed by atoms with van der Waals surface area (Å²) in [5.41, 5.74) is 3.44. The lowest BCUT2D eigenvalue weighted by Crippen LogP contribution is -2.47. The van der Waals surface area contributed by atoms with E-state index in [0.717, 1.165) is 67.9 Å². The van der Waals surface area contributed by atoms with Gasteiger partial charge in [0.2, 0.25) is 0 Å². The Bertz CT molecular complexity index is 898. The van der Waals surface area contributed by atoms with Crippen molar-refractivity contribution in [2.45, 2.75) is 26.3 Å². The van der Waals surface area contributed by atoms with Crippen LogP contribution in [0.3, 0.4) is 0 Å². The van der Waals surface area contributed by atoms with Crippen LogP contribution in [0.5, 0.6) is 0 Å². The molecule has 154 valence electrons. The van der Waals surface area contributed by atoms with Crippen LogP contribution in [-0.4, -0.2) is 71.2 Å². The van der Waals surface area contributed by atoms with Gasteiger partial charge >= 0.3 is 0 Å². The summed E-state index contributed by atoms with van der Waals surface area (Å²) in [5.74, 6) is 0.367. The fraction of sp³-hybridized carbons (Fsp3) is 0.500. The molecule has 29 heavy (non-hydrogen) atoms. The molecule has 1 N–H and O–H groups in total. The lowest BCUT2D eigenvalue weighted by atomic mass is 9.93. The highest BCUT2D eigenvalue weighted by molar-refractivity contribution is 5.96. The molecule has 2 amide bonds. The number of nitrogens with one attached hydrogen (secondary N) is 1. The van der Waals surface area contributed by atoms with Gasteiger partial charge in [-0.15, -0.1) is 0 Å². The highest BCUT2D eigenvalue weighted by Gasteiger charge is 2.29. The predicted octanol–water partition coefficient (Wildman–Crippen LogP) is 1.57. The van der Waals surface area contributed by atoms with E-state index in [1.54, 1.807) is 6.20 Å². The van der Waals surface area contributed by atoms with Gasteiger partial charge in [-0.05, 0) is 44.4 Å². The van der Waals surface area contributed by atoms with Crippen molar-refractivity contribution in [1.29, 1.82) is 0 Å². The van der Waals surface area contributed by atoms with Gasteiger partial charge in [-0.2, -0.15) is 5.10 Å². The number of benzene rings is 1. The first-order chi connectivity index (χ1) is 14.0. The van der Waals surface area contributed by atoms with Gasteiger partial charge < -0.3 is 15.1 Å². The number of aryl methyl sites for hydroxylation is 2. The molecule has 7 heteroatoms. The third-order valence-electron chi connectivity index (χ3n) is 6.14. The Kier molecular flexibility index (Phi) is 5.67. The summed E-state index contributed by atoms with van der Waals surface area (Å²) in [7, 11) is 2.08. The normalized spacial score (nSPS) is 19.7. The van der Waals surface area contributed by atoms with Gasteiger partial charge in [0, 0.05) is 44.8 Å². The molecule has 0 bridgehead atoms. The van der Waals surface area contributed by atoms with Crippen LogP contribution in [0.4, 0.5) is 0 Å². The molecule has 1 aromatic heterocycles. The Morgan fingerprint density at radius 3 is 2.62 bits per heavy atom. The van der Waals surface area contributed by atoms with Crippen molar-refractivity contribution in [2.75, 3.05) is 39.8 Å². The Labute approximate surface area is 171 Å². The van der Waals surface area contributed by atoms with E-state index in [-0.39, 0.29) is 11.8 Å². The second-order valence-corrected chi connectivity index (χ2v) is 8.21. The number of nitrogens with zero attached hydrogens (tertiary/aromatic N) is 4. The standard InChI is InChI=1S/C22H29N5O2/c1-16-5-3-4-6-18(16)21(28)23-14-17-7-8-27-20(13-17)19(15-24-27)22(29)26-11-9-25(2)10-12-26/h3-6,15,17H,7-14H2,1-2H3,(H,23,28)/t17-/m1/s1. The summed E-state index contributed by atoms with van der Waals surface area (Å²) < 4.78 is 1.96. The smallest absolute Gasteiger partial charge is 0.257 e. The average Bonchev–Trinajstić information content (AvgIpc) is 3.15. The van der Waals surface area contributed by atoms with Crippen molar-refractivity contribution >= 4 is 11.8 Å². The van der Waals surface area contributed by atoms with Crippen LogP contribution in [0.15, 0.2) is 30.5 Å². The molecule has 7 nitrogen and oxygen atoms in total. The number of carbonyl (C=O) groups is 2. The molecular weight excluding hydrogens is 366 g/mol. The lowest BCUT2D eigenvalue weighted by Gasteiger charge is -2.32. The number of likely N-dealkylation sites (N-methyl/N-ethyl adjacent to an activating group) is 1. The van der Waals surface area contributed by atoms with Crippen molar-refractivity contribution in [2.24, 2.45) is 5.92 Å². The fourth-order valence-corrected chi connectivity index (χ4v) is 4.19. The molecule has 3 heterocycles. The molecule has 0 unspecified atom stereocenters. The molecule has 4 rings (SSSR count). The Morgan fingerprint density at radius 2 is 1.86 bits per heavy atom. The molecule has 1 atom stereocenters. The average molecular weight is 396 g/mol. The Hall–Kier alpha value is -2.67. The fourth-order valence-electron chi connectivity index (χ4n) is 4.19. The zero-order valence-corrected chi connectivity index (χ0v) is 17.2. The van der Waals surface area contributed by atoms with E-state index in [4.69, 9.17) is 0 Å². The van der Waals surface area contributed by atoms with Crippen molar-refractivity contribution in [3.8, 4) is 0 Å². The zero-order chi connectivity index (χ0) is 20.4. The van der Waals surface area contributed by atoms with Crippen molar-refractivity contribution < 1.29 is 9.59 Å². The summed E-state index contributed by atoms with van der Waals surface area (Å²) in [6.07, 6.45) is 3.44. The molecular formula is C22H29N5O2. The molecule has 2 aliphatic heterocycles. The third kappa shape index (κ3) is 4.19. The van der Waals surface area contributed by atoms with Gasteiger partial charge in [0.15, 0.2) is 0 Å². The van der Waals surface area contributed by atoms with Crippen LogP contribution in [0.1, 0.15) is 38.4 Å². The summed E-state index contributed by atoms with van der Waals surface area (Å²) in [5, 5.41) is 7.53. The molecule has 1 aromatic carbocycles. The minimum atomic E-state index is -0.0316. The van der Waals surface area contributed by atoms with Gasteiger partial charge in [-0.3, -0.25) is 14.3 Å². The maximum absolute atomic E-state index is 13.0. The van der Waals surface area contributed by atoms with Crippen LogP contribution in [0.2, 0.25) is 0 Å². The lowest BCUT2D eigenvalue weighted by molar-refractivity contribution is 0.0661. The third-order valence-corrected chi connectivity index (χ3v) is 6.14. The van der Waals surface area contributed by atoms with Crippen LogP contribution in [0.25, 0.3) is 0 Å². The number of hydrogen-bond acceptors (Lipinski definition) is 4. The monoisotopic (exact) mass is 395 g/mol. The number of piperazine rings is 1. The second kappa shape index (κ2) is 8.37. The number of amides is 2. The van der Waals surface area contributed by atoms with Gasteiger partial charge in [-0.25, -0.2) is 0 Å². The van der Waals surface area contributed by atoms with Crippen LogP contribution >= 0.6 is 0 Å². The molecule has 0 radical (unpaired) electrons. The van der Waals surface area contributed by atoms with E-state index in [0.29, 0.717) is 12.5 Å². The Morgan fingerprint density at radius 1 is 1.10 bits per heavy atom. The Balaban J connectivity index is 1.39. The maximum atomic E-state index is 13.0. The van der Waals surface area contributed by atoms with Gasteiger partial charge in [0.05, 0.1) is 17.5 Å². The van der Waals surface area contributed by atoms with E-state index in [9.17, 15) is 9.59 Å². The summed E-state index contributed by atoms with van der Waals surface area (Å²) >= 11 is 0. The number of fused-ring (bicyclic) bond motifs is 1. The van der Waals surface area contributed by atoms with Gasteiger partial charge in [-0.1, -0.05) is 18.2 Å². The summed E-state index contributed by atoms with van der Waals surface area (Å²) in [6.45, 7) is 6.68. The van der Waals surface area contributed by atoms with E-state index in [1.165, 1.54) is 0 Å². The molecule has 0 spiro atoms. The van der Waals surface area contributed by atoms with E-state index >= 15 is 0 Å². The minimum Gasteiger partial charge on any atom is -0.352 e. The zero-order valence-electron chi connectivity index (χ0n) is 17.2. The molecule has 2 aliphatic rings. The van der Waals surface area contributed by atoms with Gasteiger partial charge in [0.25, 0.3) is 11.8 Å². The molecule has 2 aromatic rings. The predicted molar refractivity (Wildman–Crippen MR) is 111 cm³/mol. The van der Waals surface area contributed by atoms with E-state index in [1.807, 2.05) is 40.8 Å². The number of rotatable bonds is 4. The SMILES string of the molecule is Cc1ccccc1C(=O)NC[C@@H]1CCn2ncc(C(=O)N3CCN(C)CC3)c2C1. The van der Waals surface area contributed by atoms with Crippen molar-refractivity contribution in [1.82, 2.24) is 24.9 Å². The van der Waals surface area contributed by atoms with Crippen LogP contribution < -0.4 is 5.32 Å². The van der Waals surface area contributed by atoms with Crippen LogP contribution in [-0.2, 0) is 13.0 Å². The van der Waals surface area contributed by atoms with Crippen molar-refractivity contribution in [3.05, 3.63) is 52.8 Å². The van der Waals surface area contributed by atoms with Crippen LogP contribution in [0, 0.1) is 12.8 Å². The van der Waals surface area contributed by atoms with Gasteiger partial charge in [0.1, 0.15) is 0 Å². The molecule has 1 fully saturated rings. The quantitative estimate of drug-likeness (QED) is 0.853. The first kappa shape index (κ1) is 19.6. The number of aromatic nitrogens is 2. The highest BCUT2D eigenvalue weighted by Crippen LogP contribution is 2.24. The largest absolute Gasteiger partial charge is 0.352 e. The number of carbonyl (C=O) groups excluding carboxylic acids is 2. The highest BCUT2D eigenvalue weighted by atomic mass is 16.2. The maximum Gasteiger partial charge on any atom is 0.257 e. The molecule has 0 saturated carbocycles. The summed E-state index contributed by atoms with van der Waals surface area (Å²) in [4.78, 5) is 29.7.